The first-order chi connectivity index (χ1) is 6.20. The summed E-state index contributed by atoms with van der Waals surface area (Å²) in [5.41, 5.74) is 0. The van der Waals surface area contributed by atoms with Gasteiger partial charge in [0.15, 0.2) is 12.2 Å². The molecule has 0 aliphatic carbocycles. The number of hydrogen-bond acceptors (Lipinski definition) is 6. The molecule has 0 amide bonds. The van der Waals surface area contributed by atoms with E-state index in [2.05, 4.69) is 0 Å². The van der Waals surface area contributed by atoms with Gasteiger partial charge in [-0.3, -0.25) is 0 Å². The van der Waals surface area contributed by atoms with E-state index in [1.807, 2.05) is 0 Å². The molecule has 0 aromatic heterocycles. The van der Waals surface area contributed by atoms with Gasteiger partial charge in [-0.25, -0.2) is 9.59 Å². The Morgan fingerprint density at radius 3 is 1.07 bits per heavy atom. The summed E-state index contributed by atoms with van der Waals surface area (Å²) in [6.45, 7) is 0. The van der Waals surface area contributed by atoms with Gasteiger partial charge in [0.2, 0.25) is 6.16 Å². The van der Waals surface area contributed by atoms with Crippen molar-refractivity contribution in [3.05, 3.63) is 0 Å². The van der Waals surface area contributed by atoms with Crippen molar-refractivity contribution in [2.24, 2.45) is 0 Å². The van der Waals surface area contributed by atoms with Crippen molar-refractivity contribution in [2.75, 3.05) is 0 Å². The maximum absolute atomic E-state index is 9.77. The molecule has 15 heavy (non-hydrogen) atoms. The van der Waals surface area contributed by atoms with Crippen molar-refractivity contribution >= 4 is 18.1 Å². The Hall–Kier alpha value is -0.870. The zero-order valence-electron chi connectivity index (χ0n) is 7.52. The van der Waals surface area contributed by atoms with Crippen molar-refractivity contribution in [1.29, 1.82) is 0 Å². The standard InChI is InChI=1S/C4H6O6.CH2O3.Na/c5-1(3(7)8)2(6)4(9)10;2-1(3)4;/h1-2,5-6H,(H,7,8)(H,9,10);(H2,2,3,4);/q;;+1/p-1/t1-,2-;;/m1../s1. The fourth-order valence-electron chi connectivity index (χ4n) is 0.270. The minimum absolute atomic E-state index is 0. The Morgan fingerprint density at radius 2 is 1.00 bits per heavy atom. The van der Waals surface area contributed by atoms with Crippen LogP contribution in [0, 0.1) is 0 Å². The number of carboxylic acid groups (broad SMARTS) is 4. The molecule has 0 aromatic rings. The molecule has 2 atom stereocenters. The molecule has 9 nitrogen and oxygen atoms in total. The Balaban J connectivity index is -0.000000249. The van der Waals surface area contributed by atoms with E-state index in [9.17, 15) is 9.59 Å². The molecular weight excluding hydrogens is 227 g/mol. The molecule has 0 aliphatic heterocycles. The van der Waals surface area contributed by atoms with Gasteiger partial charge in [0.25, 0.3) is 0 Å². The number of rotatable bonds is 3. The van der Waals surface area contributed by atoms with Crippen molar-refractivity contribution in [3.63, 3.8) is 0 Å². The average Bonchev–Trinajstić information content (AvgIpc) is 2.00. The first-order valence-electron chi connectivity index (χ1n) is 2.91. The van der Waals surface area contributed by atoms with Crippen molar-refractivity contribution in [3.8, 4) is 0 Å². The smallest absolute Gasteiger partial charge is 0.565 e. The molecule has 0 spiro atoms. The number of aliphatic carboxylic acids is 2. The third-order valence-corrected chi connectivity index (χ3v) is 0.805. The van der Waals surface area contributed by atoms with Crippen LogP contribution >= 0.6 is 0 Å². The quantitative estimate of drug-likeness (QED) is 0.297. The van der Waals surface area contributed by atoms with E-state index in [0.29, 0.717) is 0 Å². The van der Waals surface area contributed by atoms with Gasteiger partial charge < -0.3 is 35.4 Å². The summed E-state index contributed by atoms with van der Waals surface area (Å²) in [5.74, 6) is -3.54. The second-order valence-electron chi connectivity index (χ2n) is 1.83. The summed E-state index contributed by atoms with van der Waals surface area (Å²) in [6, 6.07) is 0. The van der Waals surface area contributed by atoms with Gasteiger partial charge in [0.05, 0.1) is 0 Å². The maximum atomic E-state index is 9.77. The molecular formula is C5H7NaO9. The SMILES string of the molecule is O=C(O)[C@H](O)[C@@H](O)C(=O)O.O=C([O-])O.[Na+]. The van der Waals surface area contributed by atoms with Gasteiger partial charge in [0, 0.05) is 0 Å². The molecule has 0 radical (unpaired) electrons. The molecule has 0 saturated heterocycles. The third-order valence-electron chi connectivity index (χ3n) is 0.805. The maximum Gasteiger partial charge on any atom is 1.00 e. The van der Waals surface area contributed by atoms with Gasteiger partial charge >= 0.3 is 41.5 Å². The van der Waals surface area contributed by atoms with E-state index in [1.54, 1.807) is 0 Å². The fourth-order valence-corrected chi connectivity index (χ4v) is 0.270. The Morgan fingerprint density at radius 1 is 0.867 bits per heavy atom. The molecule has 10 heteroatoms. The first-order valence-corrected chi connectivity index (χ1v) is 2.91. The minimum Gasteiger partial charge on any atom is -0.565 e. The van der Waals surface area contributed by atoms with E-state index < -0.39 is 30.3 Å². The largest absolute Gasteiger partial charge is 1.00 e. The molecule has 0 heterocycles. The predicted octanol–water partition coefficient (Wildman–Crippen LogP) is -6.23. The average molecular weight is 234 g/mol. The molecule has 82 valence electrons. The van der Waals surface area contributed by atoms with Gasteiger partial charge in [-0.05, 0) is 0 Å². The molecule has 0 aliphatic rings. The summed E-state index contributed by atoms with van der Waals surface area (Å²) in [5, 5.41) is 47.8. The molecule has 0 bridgehead atoms. The Labute approximate surface area is 105 Å². The van der Waals surface area contributed by atoms with E-state index in [1.165, 1.54) is 0 Å². The molecule has 5 N–H and O–H groups in total. The van der Waals surface area contributed by atoms with Crippen LogP contribution in [0.25, 0.3) is 0 Å². The second-order valence-corrected chi connectivity index (χ2v) is 1.83. The van der Waals surface area contributed by atoms with Crippen LogP contribution in [0.15, 0.2) is 0 Å². The predicted molar refractivity (Wildman–Crippen MR) is 35.3 cm³/mol. The van der Waals surface area contributed by atoms with Gasteiger partial charge in [-0.1, -0.05) is 0 Å². The van der Waals surface area contributed by atoms with Crippen LogP contribution in [0.1, 0.15) is 0 Å². The van der Waals surface area contributed by atoms with Gasteiger partial charge in [-0.15, -0.1) is 0 Å². The zero-order valence-corrected chi connectivity index (χ0v) is 9.52. The molecule has 0 fully saturated rings. The summed E-state index contributed by atoms with van der Waals surface area (Å²) in [6.07, 6.45) is -6.62. The number of hydrogen-bond donors (Lipinski definition) is 5. The minimum atomic E-state index is -2.27. The van der Waals surface area contributed by atoms with Crippen LogP contribution < -0.4 is 34.7 Å². The van der Waals surface area contributed by atoms with Crippen LogP contribution in [0.2, 0.25) is 0 Å². The normalized spacial score (nSPS) is 12.1. The summed E-state index contributed by atoms with van der Waals surface area (Å²) >= 11 is 0. The Bertz CT molecular complexity index is 205. The molecule has 0 rings (SSSR count). The number of aliphatic hydroxyl groups excluding tert-OH is 2. The number of aliphatic hydroxyl groups is 2. The van der Waals surface area contributed by atoms with Crippen LogP contribution in [0.4, 0.5) is 4.79 Å². The van der Waals surface area contributed by atoms with E-state index in [4.69, 9.17) is 35.4 Å². The van der Waals surface area contributed by atoms with Crippen molar-refractivity contribution < 1.29 is 74.6 Å². The summed E-state index contributed by atoms with van der Waals surface area (Å²) in [7, 11) is 0. The second kappa shape index (κ2) is 9.68. The van der Waals surface area contributed by atoms with E-state index >= 15 is 0 Å². The fraction of sp³-hybridized carbons (Fsp3) is 0.400. The van der Waals surface area contributed by atoms with Crippen molar-refractivity contribution in [2.45, 2.75) is 12.2 Å². The first kappa shape index (κ1) is 19.7. The van der Waals surface area contributed by atoms with E-state index in [0.717, 1.165) is 0 Å². The van der Waals surface area contributed by atoms with Crippen molar-refractivity contribution in [1.82, 2.24) is 0 Å². The number of carboxylic acids is 2. The molecule has 0 unspecified atom stereocenters. The zero-order chi connectivity index (χ0) is 11.9. The topological polar surface area (TPSA) is 175 Å². The van der Waals surface area contributed by atoms with E-state index in [-0.39, 0.29) is 29.6 Å². The molecule has 0 aromatic carbocycles. The van der Waals surface area contributed by atoms with Crippen LogP contribution in [0.5, 0.6) is 0 Å². The van der Waals surface area contributed by atoms with Crippen LogP contribution in [-0.4, -0.2) is 55.8 Å². The summed E-state index contributed by atoms with van der Waals surface area (Å²) in [4.78, 5) is 28.0. The Kier molecular flexibility index (Phi) is 12.7. The van der Waals surface area contributed by atoms with Gasteiger partial charge in [-0.2, -0.15) is 0 Å². The number of carbonyl (C=O) groups is 3. The molecule has 0 saturated carbocycles. The summed E-state index contributed by atoms with van der Waals surface area (Å²) < 4.78 is 0. The monoisotopic (exact) mass is 234 g/mol. The third kappa shape index (κ3) is 13.1. The van der Waals surface area contributed by atoms with Gasteiger partial charge in [0.1, 0.15) is 0 Å². The van der Waals surface area contributed by atoms with Crippen LogP contribution in [0.3, 0.4) is 0 Å². The van der Waals surface area contributed by atoms with Crippen LogP contribution in [-0.2, 0) is 9.59 Å².